The van der Waals surface area contributed by atoms with Crippen LogP contribution in [0.25, 0.3) is 0 Å². The molecule has 3 rings (SSSR count). The van der Waals surface area contributed by atoms with Crippen molar-refractivity contribution in [1.29, 1.82) is 0 Å². The van der Waals surface area contributed by atoms with Crippen LogP contribution in [0.5, 0.6) is 0 Å². The Kier molecular flexibility index (Phi) is 9.70. The highest BCUT2D eigenvalue weighted by Crippen LogP contribution is 2.46. The number of amides is 3. The third-order valence-electron chi connectivity index (χ3n) is 6.39. The van der Waals surface area contributed by atoms with E-state index in [2.05, 4.69) is 21.1 Å². The Balaban J connectivity index is 1.72. The normalized spacial score (nSPS) is 16.1. The largest absolute Gasteiger partial charge is 0.382 e. The number of ketones is 1. The highest BCUT2D eigenvalue weighted by atomic mass is 19.1. The molecule has 0 radical (unpaired) electrons. The molecular formula is C26H33FN4O7. The van der Waals surface area contributed by atoms with Crippen LogP contribution in [0.2, 0.25) is 0 Å². The van der Waals surface area contributed by atoms with Crippen molar-refractivity contribution in [3.8, 4) is 0 Å². The van der Waals surface area contributed by atoms with Crippen molar-refractivity contribution in [2.45, 2.75) is 51.2 Å². The van der Waals surface area contributed by atoms with Gasteiger partial charge < -0.3 is 29.9 Å². The average molecular weight is 533 g/mol. The number of benzene rings is 1. The van der Waals surface area contributed by atoms with Gasteiger partial charge in [-0.2, -0.15) is 0 Å². The summed E-state index contributed by atoms with van der Waals surface area (Å²) in [7, 11) is 2.70. The zero-order valence-corrected chi connectivity index (χ0v) is 21.8. The van der Waals surface area contributed by atoms with Crippen LogP contribution in [0, 0.1) is 18.2 Å². The first-order valence-electron chi connectivity index (χ1n) is 12.2. The molecule has 1 heterocycles. The lowest BCUT2D eigenvalue weighted by atomic mass is 9.92. The number of aryl methyl sites for hydroxylation is 1. The molecule has 1 saturated carbocycles. The molecule has 1 aromatic carbocycles. The number of hydrogen-bond donors (Lipinski definition) is 3. The molecule has 0 spiro atoms. The van der Waals surface area contributed by atoms with E-state index in [1.54, 1.807) is 32.0 Å². The number of hydrogen-bond acceptors (Lipinski definition) is 8. The van der Waals surface area contributed by atoms with Gasteiger partial charge >= 0.3 is 0 Å². The molecule has 38 heavy (non-hydrogen) atoms. The highest BCUT2D eigenvalue weighted by molar-refractivity contribution is 5.99. The second-order valence-corrected chi connectivity index (χ2v) is 9.60. The minimum absolute atomic E-state index is 0.0225. The second kappa shape index (κ2) is 12.7. The molecule has 0 bridgehead atoms. The summed E-state index contributed by atoms with van der Waals surface area (Å²) in [5, 5.41) is 11.3. The monoisotopic (exact) mass is 532 g/mol. The molecule has 1 aromatic heterocycles. The van der Waals surface area contributed by atoms with Crippen molar-refractivity contribution >= 4 is 23.5 Å². The molecule has 0 aliphatic heterocycles. The summed E-state index contributed by atoms with van der Waals surface area (Å²) >= 11 is 0. The number of methoxy groups -OCH3 is 2. The quantitative estimate of drug-likeness (QED) is 0.328. The molecule has 3 N–H and O–H groups in total. The van der Waals surface area contributed by atoms with E-state index >= 15 is 0 Å². The van der Waals surface area contributed by atoms with Gasteiger partial charge in [0.1, 0.15) is 23.7 Å². The molecule has 2 aromatic rings. The summed E-state index contributed by atoms with van der Waals surface area (Å²) in [6.07, 6.45) is 1.31. The van der Waals surface area contributed by atoms with Gasteiger partial charge in [0.25, 0.3) is 5.91 Å². The van der Waals surface area contributed by atoms with Crippen molar-refractivity contribution in [3.63, 3.8) is 0 Å². The van der Waals surface area contributed by atoms with E-state index in [-0.39, 0.29) is 36.7 Å². The summed E-state index contributed by atoms with van der Waals surface area (Å²) in [5.41, 5.74) is -0.324. The Hall–Kier alpha value is -3.64. The maximum atomic E-state index is 14.3. The topological polar surface area (TPSA) is 149 Å². The third kappa shape index (κ3) is 7.45. The van der Waals surface area contributed by atoms with Crippen LogP contribution in [0.1, 0.15) is 41.6 Å². The van der Waals surface area contributed by atoms with Gasteiger partial charge in [0, 0.05) is 32.1 Å². The van der Waals surface area contributed by atoms with Gasteiger partial charge in [-0.15, -0.1) is 0 Å². The van der Waals surface area contributed by atoms with Gasteiger partial charge in [0.15, 0.2) is 11.5 Å². The molecule has 1 aliphatic carbocycles. The van der Waals surface area contributed by atoms with E-state index in [0.29, 0.717) is 18.6 Å². The molecule has 3 amide bonds. The number of nitrogens with one attached hydrogen (secondary N) is 3. The lowest BCUT2D eigenvalue weighted by Crippen LogP contribution is -2.58. The zero-order chi connectivity index (χ0) is 27.9. The number of ether oxygens (including phenoxy) is 2. The number of Topliss-reactive ketones (excluding diaryl/α,β-unsaturated/α-hetero) is 1. The first kappa shape index (κ1) is 28.9. The molecule has 0 unspecified atom stereocenters. The van der Waals surface area contributed by atoms with E-state index < -0.39 is 47.1 Å². The average Bonchev–Trinajstić information content (AvgIpc) is 3.49. The van der Waals surface area contributed by atoms with Crippen LogP contribution in [0.15, 0.2) is 34.9 Å². The molecule has 1 fully saturated rings. The fraction of sp³-hybridized carbons (Fsp3) is 0.500. The van der Waals surface area contributed by atoms with E-state index in [1.165, 1.54) is 26.4 Å². The molecule has 1 aliphatic rings. The van der Waals surface area contributed by atoms with Crippen LogP contribution in [-0.4, -0.2) is 74.2 Å². The van der Waals surface area contributed by atoms with Crippen LogP contribution >= 0.6 is 0 Å². The smallest absolute Gasteiger partial charge is 0.274 e. The predicted octanol–water partition coefficient (Wildman–Crippen LogP) is 1.09. The fourth-order valence-corrected chi connectivity index (χ4v) is 3.90. The summed E-state index contributed by atoms with van der Waals surface area (Å²) in [5.74, 6) is -2.34. The van der Waals surface area contributed by atoms with Crippen molar-refractivity contribution in [3.05, 3.63) is 53.2 Å². The highest BCUT2D eigenvalue weighted by Gasteiger charge is 2.48. The third-order valence-corrected chi connectivity index (χ3v) is 6.39. The van der Waals surface area contributed by atoms with Crippen LogP contribution < -0.4 is 16.0 Å². The van der Waals surface area contributed by atoms with E-state index in [4.69, 9.17) is 14.0 Å². The minimum Gasteiger partial charge on any atom is -0.382 e. The van der Waals surface area contributed by atoms with Crippen molar-refractivity contribution in [2.24, 2.45) is 5.41 Å². The fourth-order valence-electron chi connectivity index (χ4n) is 3.90. The summed E-state index contributed by atoms with van der Waals surface area (Å²) in [6, 6.07) is 4.06. The minimum atomic E-state index is -1.21. The molecule has 206 valence electrons. The van der Waals surface area contributed by atoms with Crippen LogP contribution in [0.4, 0.5) is 4.39 Å². The zero-order valence-electron chi connectivity index (χ0n) is 21.8. The number of nitrogens with zero attached hydrogens (tertiary/aromatic N) is 1. The maximum absolute atomic E-state index is 14.3. The molecular weight excluding hydrogens is 499 g/mol. The van der Waals surface area contributed by atoms with E-state index in [9.17, 15) is 23.6 Å². The van der Waals surface area contributed by atoms with Crippen molar-refractivity contribution < 1.29 is 37.6 Å². The Morgan fingerprint density at radius 2 is 1.58 bits per heavy atom. The van der Waals surface area contributed by atoms with Crippen molar-refractivity contribution in [1.82, 2.24) is 21.1 Å². The SMILES string of the molecule is COC[C@H](NC(=O)c1cc(C)on1)C(=O)N[C@@H](COC)C(=O)N[C@@H](Cc1ccccc1F)C(=O)C1(C)CC1. The Morgan fingerprint density at radius 1 is 1.00 bits per heavy atom. The lowest BCUT2D eigenvalue weighted by molar-refractivity contribution is -0.134. The summed E-state index contributed by atoms with van der Waals surface area (Å²) in [4.78, 5) is 51.9. The molecule has 12 heteroatoms. The second-order valence-electron chi connectivity index (χ2n) is 9.60. The number of halogens is 1. The van der Waals surface area contributed by atoms with Gasteiger partial charge in [-0.05, 0) is 31.4 Å². The van der Waals surface area contributed by atoms with Gasteiger partial charge in [-0.1, -0.05) is 30.3 Å². The summed E-state index contributed by atoms with van der Waals surface area (Å²) in [6.45, 7) is 3.01. The maximum Gasteiger partial charge on any atom is 0.274 e. The summed E-state index contributed by atoms with van der Waals surface area (Å²) < 4.78 is 29.4. The van der Waals surface area contributed by atoms with Gasteiger partial charge in [-0.3, -0.25) is 19.2 Å². The molecule has 3 atom stereocenters. The van der Waals surface area contributed by atoms with Crippen molar-refractivity contribution in [2.75, 3.05) is 27.4 Å². The van der Waals surface area contributed by atoms with Gasteiger partial charge in [0.2, 0.25) is 11.8 Å². The first-order valence-corrected chi connectivity index (χ1v) is 12.2. The molecule has 11 nitrogen and oxygen atoms in total. The first-order chi connectivity index (χ1) is 18.1. The number of aromatic nitrogens is 1. The Labute approximate surface area is 219 Å². The van der Waals surface area contributed by atoms with Gasteiger partial charge in [-0.25, -0.2) is 4.39 Å². The van der Waals surface area contributed by atoms with E-state index in [0.717, 1.165) is 0 Å². The van der Waals surface area contributed by atoms with Crippen LogP contribution in [-0.2, 0) is 30.3 Å². The Bertz CT molecular complexity index is 1160. The molecule has 0 saturated heterocycles. The number of carbonyl (C=O) groups excluding carboxylic acids is 4. The Morgan fingerprint density at radius 3 is 2.11 bits per heavy atom. The number of carbonyl (C=O) groups is 4. The van der Waals surface area contributed by atoms with E-state index in [1.807, 2.05) is 0 Å². The predicted molar refractivity (Wildman–Crippen MR) is 133 cm³/mol. The number of rotatable bonds is 14. The lowest BCUT2D eigenvalue weighted by Gasteiger charge is -2.26. The van der Waals surface area contributed by atoms with Crippen LogP contribution in [0.3, 0.4) is 0 Å². The van der Waals surface area contributed by atoms with Gasteiger partial charge in [0.05, 0.1) is 19.3 Å². The standard InChI is InChI=1S/C26H33FN4O7/c1-15-11-19(31-38-15)23(33)29-21(14-37-4)25(35)30-20(13-36-3)24(34)28-18(22(32)26(2)9-10-26)12-16-7-5-6-8-17(16)27/h5-8,11,18,20-21H,9-10,12-14H2,1-4H3,(H,28,34)(H,29,33)(H,30,35)/t18-,20-,21-/m0/s1.